The van der Waals surface area contributed by atoms with Crippen LogP contribution in [0.2, 0.25) is 0 Å². The van der Waals surface area contributed by atoms with Gasteiger partial charge in [0.15, 0.2) is 5.60 Å². The van der Waals surface area contributed by atoms with Crippen molar-refractivity contribution in [2.75, 3.05) is 19.6 Å². The number of benzene rings is 1. The molecule has 2 aromatic rings. The third-order valence-electron chi connectivity index (χ3n) is 6.52. The molecule has 204 valence electrons. The Bertz CT molecular complexity index is 1100. The van der Waals surface area contributed by atoms with Crippen LogP contribution in [-0.2, 0) is 25.6 Å². The summed E-state index contributed by atoms with van der Waals surface area (Å²) in [6.45, 7) is 9.64. The highest BCUT2D eigenvalue weighted by Crippen LogP contribution is 2.25. The largest absolute Gasteiger partial charge is 0.481 e. The van der Waals surface area contributed by atoms with Crippen molar-refractivity contribution in [1.29, 1.82) is 0 Å². The van der Waals surface area contributed by atoms with Crippen LogP contribution in [0.4, 0.5) is 0 Å². The number of nitrogens with one attached hydrogen (secondary N) is 2. The van der Waals surface area contributed by atoms with E-state index in [4.69, 9.17) is 20.4 Å². The molecule has 1 unspecified atom stereocenters. The fourth-order valence-corrected chi connectivity index (χ4v) is 4.48. The zero-order valence-corrected chi connectivity index (χ0v) is 21.5. The second-order valence-corrected chi connectivity index (χ2v) is 9.56. The predicted molar refractivity (Wildman–Crippen MR) is 136 cm³/mol. The lowest BCUT2D eigenvalue weighted by Gasteiger charge is -2.23. The number of carboxylic acid groups (broad SMARTS) is 3. The Morgan fingerprint density at radius 2 is 1.65 bits per heavy atom. The van der Waals surface area contributed by atoms with Crippen LogP contribution in [0.15, 0.2) is 18.2 Å². The number of para-hydroxylation sites is 1. The van der Waals surface area contributed by atoms with Crippen LogP contribution >= 0.6 is 0 Å². The number of amides is 1. The minimum Gasteiger partial charge on any atom is -0.481 e. The number of aryl methyl sites for hydroxylation is 2. The number of hydrogen-bond acceptors (Lipinski definition) is 6. The summed E-state index contributed by atoms with van der Waals surface area (Å²) in [4.78, 5) is 49.0. The third kappa shape index (κ3) is 8.57. The van der Waals surface area contributed by atoms with Crippen molar-refractivity contribution in [1.82, 2.24) is 15.2 Å². The lowest BCUT2D eigenvalue weighted by atomic mass is 9.96. The maximum absolute atomic E-state index is 12.6. The van der Waals surface area contributed by atoms with Crippen molar-refractivity contribution >= 4 is 34.7 Å². The van der Waals surface area contributed by atoms with Gasteiger partial charge in [-0.1, -0.05) is 25.1 Å². The van der Waals surface area contributed by atoms with Crippen LogP contribution in [0.3, 0.4) is 0 Å². The zero-order chi connectivity index (χ0) is 27.8. The molecule has 0 radical (unpaired) electrons. The SMILES string of the molecule is CCC(CN1CCCC1)NC(=O)Cc1c(C)[nH]c2c(C)cccc12.O=C(O)CC(O)(CC(=O)O)C(=O)O. The van der Waals surface area contributed by atoms with Crippen molar-refractivity contribution in [3.8, 4) is 0 Å². The first-order valence-electron chi connectivity index (χ1n) is 12.3. The summed E-state index contributed by atoms with van der Waals surface area (Å²) in [5.41, 5.74) is 1.87. The number of aromatic amines is 1. The standard InChI is InChI=1S/C20H29N3O.C6H8O7/c1-4-16(13-23-10-5-6-11-23)22-19(24)12-18-15(3)21-20-14(2)8-7-9-17(18)20;7-3(8)1-6(13,5(11)12)2-4(9)10/h7-9,16,21H,4-6,10-13H2,1-3H3,(H,22,24);13H,1-2H2,(H,7,8)(H,9,10)(H,11,12). The van der Waals surface area contributed by atoms with E-state index in [1.165, 1.54) is 36.9 Å². The van der Waals surface area contributed by atoms with Gasteiger partial charge in [-0.3, -0.25) is 14.4 Å². The van der Waals surface area contributed by atoms with Crippen LogP contribution in [-0.4, -0.2) is 85.4 Å². The summed E-state index contributed by atoms with van der Waals surface area (Å²) >= 11 is 0. The number of carboxylic acids is 3. The van der Waals surface area contributed by atoms with Gasteiger partial charge in [-0.15, -0.1) is 0 Å². The van der Waals surface area contributed by atoms with E-state index in [9.17, 15) is 19.2 Å². The van der Waals surface area contributed by atoms with E-state index in [1.54, 1.807) is 0 Å². The fourth-order valence-electron chi connectivity index (χ4n) is 4.48. The zero-order valence-electron chi connectivity index (χ0n) is 21.5. The Balaban J connectivity index is 0.000000317. The molecule has 0 saturated carbocycles. The number of likely N-dealkylation sites (tertiary alicyclic amines) is 1. The quantitative estimate of drug-likeness (QED) is 0.259. The van der Waals surface area contributed by atoms with Crippen molar-refractivity contribution in [2.45, 2.75) is 70.9 Å². The molecule has 6 N–H and O–H groups in total. The van der Waals surface area contributed by atoms with Gasteiger partial charge >= 0.3 is 17.9 Å². The molecule has 1 aromatic carbocycles. The van der Waals surface area contributed by atoms with Crippen LogP contribution in [0.5, 0.6) is 0 Å². The Morgan fingerprint density at radius 1 is 1.05 bits per heavy atom. The van der Waals surface area contributed by atoms with Gasteiger partial charge in [0.1, 0.15) is 0 Å². The van der Waals surface area contributed by atoms with Crippen LogP contribution < -0.4 is 5.32 Å². The number of H-pyrrole nitrogens is 1. The highest BCUT2D eigenvalue weighted by Gasteiger charge is 2.40. The van der Waals surface area contributed by atoms with Gasteiger partial charge in [-0.05, 0) is 57.3 Å². The average molecular weight is 520 g/mol. The second-order valence-electron chi connectivity index (χ2n) is 9.56. The van der Waals surface area contributed by atoms with E-state index in [1.807, 2.05) is 0 Å². The predicted octanol–water partition coefficient (Wildman–Crippen LogP) is 2.07. The van der Waals surface area contributed by atoms with E-state index < -0.39 is 36.4 Å². The molecule has 11 nitrogen and oxygen atoms in total. The molecule has 0 spiro atoms. The molecule has 1 amide bonds. The number of aliphatic carboxylic acids is 3. The molecule has 1 aliphatic rings. The van der Waals surface area contributed by atoms with Crippen LogP contribution in [0.1, 0.15) is 55.8 Å². The monoisotopic (exact) mass is 519 g/mol. The fraction of sp³-hybridized carbons (Fsp3) is 0.538. The number of nitrogens with zero attached hydrogens (tertiary/aromatic N) is 1. The van der Waals surface area contributed by atoms with E-state index >= 15 is 0 Å². The van der Waals surface area contributed by atoms with E-state index in [-0.39, 0.29) is 11.9 Å². The van der Waals surface area contributed by atoms with Gasteiger partial charge in [0.25, 0.3) is 0 Å². The van der Waals surface area contributed by atoms with E-state index in [0.717, 1.165) is 29.7 Å². The summed E-state index contributed by atoms with van der Waals surface area (Å²) in [7, 11) is 0. The molecule has 1 aromatic heterocycles. The highest BCUT2D eigenvalue weighted by atomic mass is 16.4. The Morgan fingerprint density at radius 3 is 2.16 bits per heavy atom. The first-order valence-corrected chi connectivity index (χ1v) is 12.3. The molecular formula is C26H37N3O8. The van der Waals surface area contributed by atoms with Crippen molar-refractivity contribution in [3.05, 3.63) is 35.0 Å². The number of aliphatic hydroxyl groups is 1. The van der Waals surface area contributed by atoms with Crippen LogP contribution in [0, 0.1) is 13.8 Å². The third-order valence-corrected chi connectivity index (χ3v) is 6.52. The Labute approximate surface area is 215 Å². The van der Waals surface area contributed by atoms with Gasteiger partial charge in [0.05, 0.1) is 19.3 Å². The minimum absolute atomic E-state index is 0.131. The number of fused-ring (bicyclic) bond motifs is 1. The number of carbonyl (C=O) groups is 4. The molecular weight excluding hydrogens is 482 g/mol. The van der Waals surface area contributed by atoms with Gasteiger partial charge in [-0.25, -0.2) is 4.79 Å². The molecule has 1 atom stereocenters. The van der Waals surface area contributed by atoms with E-state index in [0.29, 0.717) is 6.42 Å². The van der Waals surface area contributed by atoms with Gasteiger partial charge in [-0.2, -0.15) is 0 Å². The summed E-state index contributed by atoms with van der Waals surface area (Å²) < 4.78 is 0. The molecule has 37 heavy (non-hydrogen) atoms. The number of hydrogen-bond donors (Lipinski definition) is 6. The van der Waals surface area contributed by atoms with Gasteiger partial charge < -0.3 is 35.6 Å². The summed E-state index contributed by atoms with van der Waals surface area (Å²) in [5.74, 6) is -4.89. The Kier molecular flexibility index (Phi) is 10.6. The van der Waals surface area contributed by atoms with E-state index in [2.05, 4.69) is 54.2 Å². The number of rotatable bonds is 11. The van der Waals surface area contributed by atoms with Crippen molar-refractivity contribution < 1.29 is 39.6 Å². The number of aromatic nitrogens is 1. The lowest BCUT2D eigenvalue weighted by molar-refractivity contribution is -0.170. The molecule has 1 aliphatic heterocycles. The average Bonchev–Trinajstić information content (AvgIpc) is 3.41. The van der Waals surface area contributed by atoms with Gasteiger partial charge in [0.2, 0.25) is 5.91 Å². The summed E-state index contributed by atoms with van der Waals surface area (Å²) in [5, 5.41) is 38.2. The summed E-state index contributed by atoms with van der Waals surface area (Å²) in [6, 6.07) is 6.53. The molecule has 0 bridgehead atoms. The van der Waals surface area contributed by atoms with Crippen molar-refractivity contribution in [3.63, 3.8) is 0 Å². The smallest absolute Gasteiger partial charge is 0.336 e. The first kappa shape index (κ1) is 29.8. The molecule has 2 heterocycles. The summed E-state index contributed by atoms with van der Waals surface area (Å²) in [6.07, 6.45) is 1.72. The Hall–Kier alpha value is -3.44. The van der Waals surface area contributed by atoms with Crippen molar-refractivity contribution in [2.24, 2.45) is 0 Å². The second kappa shape index (κ2) is 13.2. The van der Waals surface area contributed by atoms with Crippen LogP contribution in [0.25, 0.3) is 10.9 Å². The highest BCUT2D eigenvalue weighted by molar-refractivity contribution is 5.91. The molecule has 1 fully saturated rings. The molecule has 11 heteroatoms. The first-order chi connectivity index (χ1) is 17.4. The maximum Gasteiger partial charge on any atom is 0.336 e. The molecule has 1 saturated heterocycles. The van der Waals surface area contributed by atoms with Gasteiger partial charge in [0, 0.05) is 29.2 Å². The lowest BCUT2D eigenvalue weighted by Crippen LogP contribution is -2.43. The minimum atomic E-state index is -2.74. The number of carbonyl (C=O) groups excluding carboxylic acids is 1. The normalized spacial score (nSPS) is 14.6. The molecule has 0 aliphatic carbocycles. The topological polar surface area (TPSA) is 180 Å². The maximum atomic E-state index is 12.6. The molecule has 3 rings (SSSR count).